The molecule has 0 aliphatic rings. The van der Waals surface area contributed by atoms with Gasteiger partial charge in [-0.3, -0.25) is 0 Å². The number of hydrogen-bond acceptors (Lipinski definition) is 4. The maximum atomic E-state index is 5.64. The second-order valence-electron chi connectivity index (χ2n) is 4.37. The Bertz CT molecular complexity index is 687. The van der Waals surface area contributed by atoms with Gasteiger partial charge in [0.2, 0.25) is 5.88 Å². The second-order valence-corrected chi connectivity index (χ2v) is 4.37. The van der Waals surface area contributed by atoms with Gasteiger partial charge in [-0.25, -0.2) is 4.98 Å². The van der Waals surface area contributed by atoms with Gasteiger partial charge in [-0.1, -0.05) is 48.5 Å². The van der Waals surface area contributed by atoms with E-state index in [-0.39, 0.29) is 0 Å². The van der Waals surface area contributed by atoms with E-state index in [0.717, 1.165) is 11.3 Å². The lowest BCUT2D eigenvalue weighted by atomic mass is 10.2. The van der Waals surface area contributed by atoms with E-state index in [1.165, 1.54) is 0 Å². The van der Waals surface area contributed by atoms with Crippen molar-refractivity contribution in [2.45, 2.75) is 6.61 Å². The molecule has 0 fully saturated rings. The lowest BCUT2D eigenvalue weighted by Gasteiger charge is -2.07. The highest BCUT2D eigenvalue weighted by molar-refractivity contribution is 5.26. The van der Waals surface area contributed by atoms with Crippen LogP contribution in [0.2, 0.25) is 0 Å². The Morgan fingerprint density at radius 3 is 2.29 bits per heavy atom. The van der Waals surface area contributed by atoms with Crippen LogP contribution in [0, 0.1) is 0 Å². The van der Waals surface area contributed by atoms with Crippen molar-refractivity contribution in [1.29, 1.82) is 0 Å². The molecular formula is C17H14N2O2. The SMILES string of the molecule is c1ccc(COc2nccc(Oc3ccccc3)n2)cc1. The molecule has 0 bridgehead atoms. The van der Waals surface area contributed by atoms with E-state index in [9.17, 15) is 0 Å². The fourth-order valence-corrected chi connectivity index (χ4v) is 1.78. The minimum atomic E-state index is 0.298. The van der Waals surface area contributed by atoms with Crippen LogP contribution in [0.5, 0.6) is 17.6 Å². The third kappa shape index (κ3) is 3.79. The molecule has 0 atom stereocenters. The minimum Gasteiger partial charge on any atom is -0.459 e. The first-order valence-electron chi connectivity index (χ1n) is 6.63. The van der Waals surface area contributed by atoms with Crippen LogP contribution < -0.4 is 9.47 Å². The van der Waals surface area contributed by atoms with Crippen LogP contribution >= 0.6 is 0 Å². The van der Waals surface area contributed by atoms with E-state index in [1.54, 1.807) is 12.3 Å². The molecule has 0 saturated heterocycles. The molecule has 0 aliphatic heterocycles. The summed E-state index contributed by atoms with van der Waals surface area (Å²) in [5.74, 6) is 1.18. The van der Waals surface area contributed by atoms with Gasteiger partial charge in [0, 0.05) is 12.3 Å². The third-order valence-corrected chi connectivity index (χ3v) is 2.78. The summed E-state index contributed by atoms with van der Waals surface area (Å²) in [6.07, 6.45) is 1.62. The predicted octanol–water partition coefficient (Wildman–Crippen LogP) is 3.85. The van der Waals surface area contributed by atoms with Crippen LogP contribution in [-0.2, 0) is 6.61 Å². The summed E-state index contributed by atoms with van der Waals surface area (Å²) < 4.78 is 11.2. The minimum absolute atomic E-state index is 0.298. The molecule has 0 saturated carbocycles. The molecule has 0 unspecified atom stereocenters. The van der Waals surface area contributed by atoms with Crippen molar-refractivity contribution in [3.63, 3.8) is 0 Å². The summed E-state index contributed by atoms with van der Waals surface area (Å²) in [7, 11) is 0. The number of ether oxygens (including phenoxy) is 2. The molecule has 2 aromatic carbocycles. The number of hydrogen-bond donors (Lipinski definition) is 0. The molecule has 0 aliphatic carbocycles. The highest BCUT2D eigenvalue weighted by atomic mass is 16.5. The molecule has 0 spiro atoms. The smallest absolute Gasteiger partial charge is 0.320 e. The summed E-state index contributed by atoms with van der Waals surface area (Å²) in [6, 6.07) is 21.4. The van der Waals surface area contributed by atoms with Gasteiger partial charge in [0.05, 0.1) is 0 Å². The Kier molecular flexibility index (Phi) is 4.07. The van der Waals surface area contributed by atoms with Crippen molar-refractivity contribution in [2.24, 2.45) is 0 Å². The number of benzene rings is 2. The van der Waals surface area contributed by atoms with Gasteiger partial charge in [-0.2, -0.15) is 4.98 Å². The first-order valence-corrected chi connectivity index (χ1v) is 6.63. The van der Waals surface area contributed by atoms with Crippen LogP contribution in [0.1, 0.15) is 5.56 Å². The van der Waals surface area contributed by atoms with Crippen molar-refractivity contribution in [1.82, 2.24) is 9.97 Å². The Labute approximate surface area is 123 Å². The Morgan fingerprint density at radius 1 is 0.810 bits per heavy atom. The maximum absolute atomic E-state index is 5.64. The zero-order valence-corrected chi connectivity index (χ0v) is 11.3. The van der Waals surface area contributed by atoms with Crippen LogP contribution in [0.25, 0.3) is 0 Å². The van der Waals surface area contributed by atoms with E-state index in [4.69, 9.17) is 9.47 Å². The van der Waals surface area contributed by atoms with E-state index in [1.807, 2.05) is 60.7 Å². The number of para-hydroxylation sites is 1. The quantitative estimate of drug-likeness (QED) is 0.711. The van der Waals surface area contributed by atoms with Gasteiger partial charge >= 0.3 is 6.01 Å². The molecular weight excluding hydrogens is 264 g/mol. The highest BCUT2D eigenvalue weighted by Crippen LogP contribution is 2.19. The van der Waals surface area contributed by atoms with Crippen molar-refractivity contribution >= 4 is 0 Å². The van der Waals surface area contributed by atoms with Crippen LogP contribution in [-0.4, -0.2) is 9.97 Å². The van der Waals surface area contributed by atoms with Gasteiger partial charge in [0.15, 0.2) is 0 Å². The molecule has 0 amide bonds. The number of rotatable bonds is 5. The highest BCUT2D eigenvalue weighted by Gasteiger charge is 2.03. The van der Waals surface area contributed by atoms with Gasteiger partial charge in [0.25, 0.3) is 0 Å². The molecule has 1 heterocycles. The van der Waals surface area contributed by atoms with E-state index < -0.39 is 0 Å². The summed E-state index contributed by atoms with van der Waals surface area (Å²) in [6.45, 7) is 0.426. The van der Waals surface area contributed by atoms with E-state index in [2.05, 4.69) is 9.97 Å². The molecule has 3 aromatic rings. The van der Waals surface area contributed by atoms with Gasteiger partial charge < -0.3 is 9.47 Å². The summed E-state index contributed by atoms with van der Waals surface area (Å²) >= 11 is 0. The summed E-state index contributed by atoms with van der Waals surface area (Å²) in [5, 5.41) is 0. The predicted molar refractivity (Wildman–Crippen MR) is 79.3 cm³/mol. The summed E-state index contributed by atoms with van der Waals surface area (Å²) in [5.41, 5.74) is 1.07. The van der Waals surface area contributed by atoms with Crippen LogP contribution in [0.4, 0.5) is 0 Å². The Hall–Kier alpha value is -2.88. The van der Waals surface area contributed by atoms with Crippen molar-refractivity contribution in [3.05, 3.63) is 78.5 Å². The Balaban J connectivity index is 1.66. The fraction of sp³-hybridized carbons (Fsp3) is 0.0588. The first-order chi connectivity index (χ1) is 10.4. The molecule has 21 heavy (non-hydrogen) atoms. The normalized spacial score (nSPS) is 10.1. The van der Waals surface area contributed by atoms with E-state index in [0.29, 0.717) is 18.5 Å². The van der Waals surface area contributed by atoms with Crippen molar-refractivity contribution in [3.8, 4) is 17.6 Å². The topological polar surface area (TPSA) is 44.2 Å². The van der Waals surface area contributed by atoms with Crippen LogP contribution in [0.3, 0.4) is 0 Å². The fourth-order valence-electron chi connectivity index (χ4n) is 1.78. The van der Waals surface area contributed by atoms with Crippen molar-refractivity contribution < 1.29 is 9.47 Å². The maximum Gasteiger partial charge on any atom is 0.320 e. The van der Waals surface area contributed by atoms with Gasteiger partial charge in [0.1, 0.15) is 12.4 Å². The number of nitrogens with zero attached hydrogens (tertiary/aromatic N) is 2. The monoisotopic (exact) mass is 278 g/mol. The number of aromatic nitrogens is 2. The third-order valence-electron chi connectivity index (χ3n) is 2.78. The molecule has 4 heteroatoms. The Morgan fingerprint density at radius 2 is 1.52 bits per heavy atom. The zero-order chi connectivity index (χ0) is 14.3. The van der Waals surface area contributed by atoms with Gasteiger partial charge in [-0.05, 0) is 17.7 Å². The molecule has 0 N–H and O–H groups in total. The second kappa shape index (κ2) is 6.52. The average Bonchev–Trinajstić information content (AvgIpc) is 2.55. The van der Waals surface area contributed by atoms with Gasteiger partial charge in [-0.15, -0.1) is 0 Å². The largest absolute Gasteiger partial charge is 0.459 e. The molecule has 4 nitrogen and oxygen atoms in total. The average molecular weight is 278 g/mol. The molecule has 3 rings (SSSR count). The summed E-state index contributed by atoms with van der Waals surface area (Å²) in [4.78, 5) is 8.31. The van der Waals surface area contributed by atoms with E-state index >= 15 is 0 Å². The lowest BCUT2D eigenvalue weighted by Crippen LogP contribution is -2.00. The lowest BCUT2D eigenvalue weighted by molar-refractivity contribution is 0.276. The molecule has 104 valence electrons. The zero-order valence-electron chi connectivity index (χ0n) is 11.3. The first kappa shape index (κ1) is 13.1. The van der Waals surface area contributed by atoms with Crippen molar-refractivity contribution in [2.75, 3.05) is 0 Å². The molecule has 0 radical (unpaired) electrons. The standard InChI is InChI=1S/C17H14N2O2/c1-3-7-14(8-4-1)13-20-17-18-12-11-16(19-17)21-15-9-5-2-6-10-15/h1-12H,13H2. The molecule has 1 aromatic heterocycles. The van der Waals surface area contributed by atoms with Crippen LogP contribution in [0.15, 0.2) is 72.9 Å².